The Morgan fingerprint density at radius 2 is 1.90 bits per heavy atom. The molecular formula is C30H37N3O7. The van der Waals surface area contributed by atoms with E-state index in [1.807, 2.05) is 30.3 Å². The molecule has 4 rings (SSSR count). The molecule has 0 spiro atoms. The van der Waals surface area contributed by atoms with Crippen molar-refractivity contribution in [2.45, 2.75) is 64.4 Å². The Morgan fingerprint density at radius 1 is 1.12 bits per heavy atom. The first-order valence-electron chi connectivity index (χ1n) is 13.5. The number of carbonyl (C=O) groups excluding carboxylic acids is 2. The molecule has 10 heteroatoms. The van der Waals surface area contributed by atoms with Gasteiger partial charge in [0.2, 0.25) is 5.91 Å². The summed E-state index contributed by atoms with van der Waals surface area (Å²) in [5, 5.41) is 23.6. The SMILES string of the molecule is CC(C)(C)OC(=O)N1CC[C@@H](O)C[C@H]1C(=O)NCCCOc1c(OCc2ccccc2)ccc2ncc(O)cc12. The fourth-order valence-corrected chi connectivity index (χ4v) is 4.45. The van der Waals surface area contributed by atoms with Gasteiger partial charge in [0.05, 0.1) is 24.4 Å². The summed E-state index contributed by atoms with van der Waals surface area (Å²) in [6.07, 6.45) is 1.14. The largest absolute Gasteiger partial charge is 0.506 e. The molecule has 2 heterocycles. The molecule has 0 unspecified atom stereocenters. The molecule has 0 aliphatic carbocycles. The third kappa shape index (κ3) is 7.75. The summed E-state index contributed by atoms with van der Waals surface area (Å²) in [5.41, 5.74) is 0.952. The first-order valence-corrected chi connectivity index (χ1v) is 13.5. The highest BCUT2D eigenvalue weighted by atomic mass is 16.6. The zero-order chi connectivity index (χ0) is 28.7. The minimum atomic E-state index is -0.815. The smallest absolute Gasteiger partial charge is 0.410 e. The maximum absolute atomic E-state index is 13.0. The van der Waals surface area contributed by atoms with Crippen LogP contribution in [0.2, 0.25) is 0 Å². The average molecular weight is 552 g/mol. The molecule has 10 nitrogen and oxygen atoms in total. The van der Waals surface area contributed by atoms with Crippen molar-refractivity contribution in [2.24, 2.45) is 0 Å². The number of nitrogens with zero attached hydrogens (tertiary/aromatic N) is 2. The van der Waals surface area contributed by atoms with Crippen molar-refractivity contribution in [2.75, 3.05) is 19.7 Å². The van der Waals surface area contributed by atoms with Crippen molar-refractivity contribution < 1.29 is 34.0 Å². The highest BCUT2D eigenvalue weighted by Crippen LogP contribution is 2.37. The molecule has 1 fully saturated rings. The number of rotatable bonds is 9. The number of aromatic hydroxyl groups is 1. The summed E-state index contributed by atoms with van der Waals surface area (Å²) in [4.78, 5) is 31.3. The number of aromatic nitrogens is 1. The van der Waals surface area contributed by atoms with Crippen LogP contribution in [0.3, 0.4) is 0 Å². The van der Waals surface area contributed by atoms with Crippen molar-refractivity contribution in [1.82, 2.24) is 15.2 Å². The fraction of sp³-hybridized carbons (Fsp3) is 0.433. The Bertz CT molecular complexity index is 1310. The minimum Gasteiger partial charge on any atom is -0.506 e. The normalized spacial score (nSPS) is 17.4. The number of fused-ring (bicyclic) bond motifs is 1. The molecule has 2 amide bonds. The van der Waals surface area contributed by atoms with Gasteiger partial charge in [-0.05, 0) is 57.4 Å². The van der Waals surface area contributed by atoms with Gasteiger partial charge in [-0.15, -0.1) is 0 Å². The van der Waals surface area contributed by atoms with Crippen LogP contribution in [0.1, 0.15) is 45.6 Å². The topological polar surface area (TPSA) is 130 Å². The Kier molecular flexibility index (Phi) is 9.31. The lowest BCUT2D eigenvalue weighted by atomic mass is 9.99. The van der Waals surface area contributed by atoms with Crippen LogP contribution in [0, 0.1) is 0 Å². The lowest BCUT2D eigenvalue weighted by Gasteiger charge is -2.37. The number of benzene rings is 2. The molecule has 1 aliphatic heterocycles. The average Bonchev–Trinajstić information content (AvgIpc) is 2.91. The Balaban J connectivity index is 1.37. The number of ether oxygens (including phenoxy) is 3. The van der Waals surface area contributed by atoms with Crippen molar-refractivity contribution >= 4 is 22.9 Å². The van der Waals surface area contributed by atoms with Crippen LogP contribution < -0.4 is 14.8 Å². The summed E-state index contributed by atoms with van der Waals surface area (Å²) in [5.74, 6) is 0.622. The maximum atomic E-state index is 13.0. The van der Waals surface area contributed by atoms with E-state index < -0.39 is 23.8 Å². The summed E-state index contributed by atoms with van der Waals surface area (Å²) in [7, 11) is 0. The number of hydrogen-bond donors (Lipinski definition) is 3. The maximum Gasteiger partial charge on any atom is 0.410 e. The zero-order valence-corrected chi connectivity index (χ0v) is 23.1. The van der Waals surface area contributed by atoms with Crippen molar-refractivity contribution in [1.29, 1.82) is 0 Å². The van der Waals surface area contributed by atoms with Crippen LogP contribution in [0.25, 0.3) is 10.9 Å². The van der Waals surface area contributed by atoms with E-state index in [1.54, 1.807) is 39.0 Å². The number of aliphatic hydroxyl groups is 1. The minimum absolute atomic E-state index is 0.00836. The second-order valence-corrected chi connectivity index (χ2v) is 10.8. The van der Waals surface area contributed by atoms with Crippen LogP contribution in [0.4, 0.5) is 4.79 Å². The molecule has 40 heavy (non-hydrogen) atoms. The van der Waals surface area contributed by atoms with Crippen molar-refractivity contribution in [3.8, 4) is 17.2 Å². The van der Waals surface area contributed by atoms with Crippen molar-refractivity contribution in [3.05, 3.63) is 60.3 Å². The second-order valence-electron chi connectivity index (χ2n) is 10.8. The summed E-state index contributed by atoms with van der Waals surface area (Å²) < 4.78 is 17.6. The number of piperidine rings is 1. The standard InChI is InChI=1S/C30H37N3O7/c1-30(2,3)40-29(37)33-14-12-21(34)17-25(33)28(36)31-13-7-15-38-27-23-16-22(35)18-32-24(23)10-11-26(27)39-19-20-8-5-4-6-9-20/h4-6,8-11,16,18,21,25,34-35H,7,12-15,17,19H2,1-3H3,(H,31,36)/t21-,25+/m1/s1. The second kappa shape index (κ2) is 12.9. The Hall–Kier alpha value is -4.05. The molecule has 1 aliphatic rings. The lowest BCUT2D eigenvalue weighted by Crippen LogP contribution is -2.55. The summed E-state index contributed by atoms with van der Waals surface area (Å²) in [6, 6.07) is 14.1. The van der Waals surface area contributed by atoms with E-state index in [0.29, 0.717) is 48.4 Å². The molecule has 1 aromatic heterocycles. The third-order valence-electron chi connectivity index (χ3n) is 6.37. The number of aliphatic hydroxyl groups excluding tert-OH is 1. The number of hydrogen-bond acceptors (Lipinski definition) is 8. The molecule has 0 saturated carbocycles. The van der Waals surface area contributed by atoms with Gasteiger partial charge < -0.3 is 29.7 Å². The van der Waals surface area contributed by atoms with E-state index >= 15 is 0 Å². The van der Waals surface area contributed by atoms with Crippen LogP contribution in [-0.4, -0.2) is 69.5 Å². The van der Waals surface area contributed by atoms with Crippen LogP contribution in [0.5, 0.6) is 17.2 Å². The van der Waals surface area contributed by atoms with E-state index in [-0.39, 0.29) is 31.2 Å². The summed E-state index contributed by atoms with van der Waals surface area (Å²) in [6.45, 7) is 6.43. The van der Waals surface area contributed by atoms with Gasteiger partial charge in [0.15, 0.2) is 11.5 Å². The van der Waals surface area contributed by atoms with Crippen molar-refractivity contribution in [3.63, 3.8) is 0 Å². The molecule has 1 saturated heterocycles. The van der Waals surface area contributed by atoms with E-state index in [2.05, 4.69) is 10.3 Å². The Labute approximate surface area is 233 Å². The van der Waals surface area contributed by atoms with E-state index in [9.17, 15) is 19.8 Å². The van der Waals surface area contributed by atoms with Gasteiger partial charge in [-0.3, -0.25) is 14.7 Å². The number of carbonyl (C=O) groups is 2. The van der Waals surface area contributed by atoms with E-state index in [4.69, 9.17) is 14.2 Å². The molecular weight excluding hydrogens is 514 g/mol. The van der Waals surface area contributed by atoms with Crippen LogP contribution >= 0.6 is 0 Å². The molecule has 0 radical (unpaired) electrons. The molecule has 2 aromatic carbocycles. The van der Waals surface area contributed by atoms with Crippen LogP contribution in [-0.2, 0) is 16.1 Å². The van der Waals surface area contributed by atoms with Gasteiger partial charge >= 0.3 is 6.09 Å². The number of pyridine rings is 1. The van der Waals surface area contributed by atoms with Gasteiger partial charge in [0.1, 0.15) is 24.0 Å². The predicted octanol–water partition coefficient (Wildman–Crippen LogP) is 4.16. The van der Waals surface area contributed by atoms with Gasteiger partial charge in [0, 0.05) is 24.9 Å². The molecule has 0 bridgehead atoms. The highest BCUT2D eigenvalue weighted by Gasteiger charge is 2.37. The quantitative estimate of drug-likeness (QED) is 0.338. The number of nitrogens with one attached hydrogen (secondary N) is 1. The molecule has 2 atom stereocenters. The molecule has 3 aromatic rings. The van der Waals surface area contributed by atoms with Gasteiger partial charge in [-0.1, -0.05) is 30.3 Å². The monoisotopic (exact) mass is 551 g/mol. The Morgan fingerprint density at radius 3 is 2.65 bits per heavy atom. The highest BCUT2D eigenvalue weighted by molar-refractivity contribution is 5.89. The fourth-order valence-electron chi connectivity index (χ4n) is 4.45. The van der Waals surface area contributed by atoms with Gasteiger partial charge in [-0.25, -0.2) is 4.79 Å². The van der Waals surface area contributed by atoms with Gasteiger partial charge in [0.25, 0.3) is 0 Å². The zero-order valence-electron chi connectivity index (χ0n) is 23.1. The van der Waals surface area contributed by atoms with E-state index in [0.717, 1.165) is 5.56 Å². The first-order chi connectivity index (χ1) is 19.1. The lowest BCUT2D eigenvalue weighted by molar-refractivity contribution is -0.129. The van der Waals surface area contributed by atoms with Crippen LogP contribution in [0.15, 0.2) is 54.7 Å². The third-order valence-corrected chi connectivity index (χ3v) is 6.37. The number of amides is 2. The van der Waals surface area contributed by atoms with E-state index in [1.165, 1.54) is 11.1 Å². The summed E-state index contributed by atoms with van der Waals surface area (Å²) >= 11 is 0. The van der Waals surface area contributed by atoms with Gasteiger partial charge in [-0.2, -0.15) is 0 Å². The molecule has 3 N–H and O–H groups in total. The first kappa shape index (κ1) is 28.9. The predicted molar refractivity (Wildman–Crippen MR) is 149 cm³/mol. The molecule has 214 valence electrons. The number of likely N-dealkylation sites (tertiary alicyclic amines) is 1.